The maximum atomic E-state index is 13.6. The predicted molar refractivity (Wildman–Crippen MR) is 143 cm³/mol. The van der Waals surface area contributed by atoms with Crippen LogP contribution in [0.25, 0.3) is 0 Å². The van der Waals surface area contributed by atoms with Crippen molar-refractivity contribution in [1.29, 1.82) is 0 Å². The molecule has 3 aliphatic heterocycles. The summed E-state index contributed by atoms with van der Waals surface area (Å²) in [5.41, 5.74) is 0.254. The molecule has 0 spiro atoms. The summed E-state index contributed by atoms with van der Waals surface area (Å²) in [5.74, 6) is -0.733. The molecule has 8 nitrogen and oxygen atoms in total. The molecule has 0 aliphatic carbocycles. The Bertz CT molecular complexity index is 989. The largest absolute Gasteiger partial charge is 0.444 e. The summed E-state index contributed by atoms with van der Waals surface area (Å²) in [4.78, 5) is 30.3. The topological polar surface area (TPSA) is 88.5 Å². The fourth-order valence-corrected chi connectivity index (χ4v) is 6.76. The van der Waals surface area contributed by atoms with Gasteiger partial charge in [0.1, 0.15) is 5.60 Å². The van der Waals surface area contributed by atoms with Crippen molar-refractivity contribution in [2.24, 2.45) is 5.92 Å². The third-order valence-corrected chi connectivity index (χ3v) is 12.8. The lowest BCUT2D eigenvalue weighted by Crippen LogP contribution is -2.49. The lowest BCUT2D eigenvalue weighted by atomic mass is 9.91. The van der Waals surface area contributed by atoms with E-state index in [1.165, 1.54) is 0 Å². The van der Waals surface area contributed by atoms with Crippen LogP contribution >= 0.6 is 0 Å². The van der Waals surface area contributed by atoms with Crippen LogP contribution in [0.5, 0.6) is 0 Å². The number of fused-ring (bicyclic) bond motifs is 1. The number of aliphatic hydroxyl groups is 1. The summed E-state index contributed by atoms with van der Waals surface area (Å²) in [6.07, 6.45) is -1.19. The van der Waals surface area contributed by atoms with Crippen molar-refractivity contribution in [3.63, 3.8) is 0 Å². The molecule has 3 heterocycles. The molecule has 3 fully saturated rings. The molecule has 0 aromatic heterocycles. The van der Waals surface area contributed by atoms with Crippen LogP contribution in [0.4, 0.5) is 4.79 Å². The van der Waals surface area contributed by atoms with E-state index in [-0.39, 0.29) is 23.1 Å². The fourth-order valence-electron chi connectivity index (χ4n) is 5.40. The molecule has 0 bridgehead atoms. The van der Waals surface area contributed by atoms with Crippen molar-refractivity contribution in [2.45, 2.75) is 109 Å². The first-order chi connectivity index (χ1) is 17.1. The molecule has 0 radical (unpaired) electrons. The van der Waals surface area contributed by atoms with Crippen molar-refractivity contribution in [3.8, 4) is 0 Å². The summed E-state index contributed by atoms with van der Waals surface area (Å²) < 4.78 is 18.3. The van der Waals surface area contributed by atoms with Gasteiger partial charge in [-0.15, -0.1) is 0 Å². The monoisotopic (exact) mass is 532 g/mol. The van der Waals surface area contributed by atoms with Crippen LogP contribution in [0.1, 0.15) is 66.2 Å². The number of carbonyl (C=O) groups excluding carboxylic acids is 2. The molecule has 206 valence electrons. The lowest BCUT2D eigenvalue weighted by molar-refractivity contribution is -0.141. The average Bonchev–Trinajstić information content (AvgIpc) is 3.47. The van der Waals surface area contributed by atoms with Crippen molar-refractivity contribution in [3.05, 3.63) is 35.9 Å². The smallest absolute Gasteiger partial charge is 0.410 e. The van der Waals surface area contributed by atoms with E-state index >= 15 is 0 Å². The zero-order chi connectivity index (χ0) is 27.3. The molecule has 3 saturated heterocycles. The van der Waals surface area contributed by atoms with Crippen molar-refractivity contribution in [2.75, 3.05) is 13.2 Å². The molecule has 2 amide bonds. The second-order valence-electron chi connectivity index (χ2n) is 13.3. The standard InChI is InChI=1S/C28H44N2O6Si/c1-27(2,3)35-26(33)29-16-20(36-37(7,8)28(4,5)6)15-22(29)23(31)21-14-19-17-34-25(30(19)24(21)32)18-12-10-9-11-13-18/h9-13,19-23,25,31H,14-17H2,1-8H3/t19-,20+,21?,22-,23?,25+/m0/s1. The number of ether oxygens (including phenoxy) is 2. The Balaban J connectivity index is 1.54. The summed E-state index contributed by atoms with van der Waals surface area (Å²) >= 11 is 0. The van der Waals surface area contributed by atoms with Crippen LogP contribution in [0.15, 0.2) is 30.3 Å². The van der Waals surface area contributed by atoms with Crippen LogP contribution in [-0.2, 0) is 18.7 Å². The molecule has 6 atom stereocenters. The van der Waals surface area contributed by atoms with Gasteiger partial charge in [0.05, 0.1) is 36.8 Å². The number of rotatable bonds is 5. The number of amides is 2. The second kappa shape index (κ2) is 9.98. The average molecular weight is 533 g/mol. The minimum absolute atomic E-state index is 0.0129. The number of hydrogen-bond donors (Lipinski definition) is 1. The molecular formula is C28H44N2O6Si. The minimum Gasteiger partial charge on any atom is -0.444 e. The zero-order valence-corrected chi connectivity index (χ0v) is 24.6. The molecule has 3 aliphatic rings. The van der Waals surface area contributed by atoms with E-state index in [4.69, 9.17) is 13.9 Å². The molecule has 1 N–H and O–H groups in total. The first kappa shape index (κ1) is 28.1. The summed E-state index contributed by atoms with van der Waals surface area (Å²) in [5, 5.41) is 11.7. The first-order valence-electron chi connectivity index (χ1n) is 13.4. The highest BCUT2D eigenvalue weighted by Gasteiger charge is 2.54. The Labute approximate surface area is 222 Å². The van der Waals surface area contributed by atoms with Gasteiger partial charge >= 0.3 is 6.09 Å². The number of nitrogens with zero attached hydrogens (tertiary/aromatic N) is 2. The van der Waals surface area contributed by atoms with E-state index in [0.29, 0.717) is 26.0 Å². The summed E-state index contributed by atoms with van der Waals surface area (Å²) in [6.45, 7) is 17.2. The molecule has 0 saturated carbocycles. The van der Waals surface area contributed by atoms with Crippen LogP contribution in [0.2, 0.25) is 18.1 Å². The van der Waals surface area contributed by atoms with E-state index in [9.17, 15) is 14.7 Å². The van der Waals surface area contributed by atoms with Gasteiger partial charge in [0.2, 0.25) is 5.91 Å². The van der Waals surface area contributed by atoms with E-state index in [1.807, 2.05) is 51.1 Å². The van der Waals surface area contributed by atoms with Gasteiger partial charge in [-0.25, -0.2) is 4.79 Å². The summed E-state index contributed by atoms with van der Waals surface area (Å²) in [6, 6.07) is 9.05. The zero-order valence-electron chi connectivity index (χ0n) is 23.6. The first-order valence-corrected chi connectivity index (χ1v) is 16.3. The lowest BCUT2D eigenvalue weighted by Gasteiger charge is -2.38. The normalized spacial score (nSPS) is 29.5. The quantitative estimate of drug-likeness (QED) is 0.554. The van der Waals surface area contributed by atoms with E-state index < -0.39 is 44.3 Å². The Morgan fingerprint density at radius 1 is 1.11 bits per heavy atom. The number of likely N-dealkylation sites (tertiary alicyclic amines) is 1. The molecule has 4 rings (SSSR count). The fraction of sp³-hybridized carbons (Fsp3) is 0.714. The number of aliphatic hydroxyl groups excluding tert-OH is 1. The van der Waals surface area contributed by atoms with Gasteiger partial charge in [0.25, 0.3) is 0 Å². The number of benzene rings is 1. The van der Waals surface area contributed by atoms with E-state index in [0.717, 1.165) is 5.56 Å². The van der Waals surface area contributed by atoms with Crippen LogP contribution < -0.4 is 0 Å². The van der Waals surface area contributed by atoms with Gasteiger partial charge in [0, 0.05) is 12.1 Å². The van der Waals surface area contributed by atoms with Gasteiger partial charge in [-0.1, -0.05) is 51.1 Å². The third-order valence-electron chi connectivity index (χ3n) is 8.28. The predicted octanol–water partition coefficient (Wildman–Crippen LogP) is 4.69. The van der Waals surface area contributed by atoms with Crippen LogP contribution in [-0.4, -0.2) is 78.3 Å². The molecule has 1 aromatic rings. The number of carbonyl (C=O) groups is 2. The Hall–Kier alpha value is -1.94. The van der Waals surface area contributed by atoms with E-state index in [1.54, 1.807) is 9.80 Å². The Morgan fingerprint density at radius 3 is 2.35 bits per heavy atom. The molecule has 9 heteroatoms. The van der Waals surface area contributed by atoms with Gasteiger partial charge < -0.3 is 23.9 Å². The van der Waals surface area contributed by atoms with Gasteiger partial charge in [-0.2, -0.15) is 0 Å². The van der Waals surface area contributed by atoms with E-state index in [2.05, 4.69) is 33.9 Å². The molecule has 2 unspecified atom stereocenters. The highest BCUT2D eigenvalue weighted by Crippen LogP contribution is 2.44. The highest BCUT2D eigenvalue weighted by molar-refractivity contribution is 6.74. The Morgan fingerprint density at radius 2 is 1.76 bits per heavy atom. The van der Waals surface area contributed by atoms with Crippen LogP contribution in [0, 0.1) is 5.92 Å². The number of hydrogen-bond acceptors (Lipinski definition) is 6. The molecule has 1 aromatic carbocycles. The Kier molecular flexibility index (Phi) is 7.57. The maximum absolute atomic E-state index is 13.6. The second-order valence-corrected chi connectivity index (χ2v) is 18.0. The third kappa shape index (κ3) is 5.74. The van der Waals surface area contributed by atoms with Gasteiger partial charge in [-0.05, 0) is 51.7 Å². The van der Waals surface area contributed by atoms with Gasteiger partial charge in [-0.3, -0.25) is 9.69 Å². The SMILES string of the molecule is CC(C)(C)OC(=O)N1C[C@H](O[Si](C)(C)C(C)(C)C)C[C@H]1C(O)C1C[C@H]2CO[C@H](c3ccccc3)N2C1=O. The van der Waals surface area contributed by atoms with Crippen molar-refractivity contribution < 1.29 is 28.6 Å². The minimum atomic E-state index is -2.11. The molecule has 37 heavy (non-hydrogen) atoms. The van der Waals surface area contributed by atoms with Crippen molar-refractivity contribution in [1.82, 2.24) is 9.80 Å². The van der Waals surface area contributed by atoms with Crippen molar-refractivity contribution >= 4 is 20.3 Å². The molecular weight excluding hydrogens is 488 g/mol. The summed E-state index contributed by atoms with van der Waals surface area (Å²) in [7, 11) is -2.11. The van der Waals surface area contributed by atoms with Crippen LogP contribution in [0.3, 0.4) is 0 Å². The highest BCUT2D eigenvalue weighted by atomic mass is 28.4. The maximum Gasteiger partial charge on any atom is 0.410 e. The van der Waals surface area contributed by atoms with Gasteiger partial charge in [0.15, 0.2) is 14.5 Å².